The molecule has 0 heterocycles. The van der Waals surface area contributed by atoms with Crippen LogP contribution >= 0.6 is 15.9 Å². The Hall–Kier alpha value is 0.440. The lowest BCUT2D eigenvalue weighted by Gasteiger charge is -2.55. The maximum absolute atomic E-state index is 5.69. The van der Waals surface area contributed by atoms with E-state index in [0.29, 0.717) is 4.83 Å². The van der Waals surface area contributed by atoms with Gasteiger partial charge in [0.15, 0.2) is 0 Å². The lowest BCUT2D eigenvalue weighted by molar-refractivity contribution is -0.0365. The Labute approximate surface area is 101 Å². The average molecular weight is 272 g/mol. The van der Waals surface area contributed by atoms with Gasteiger partial charge >= 0.3 is 0 Å². The first-order valence-electron chi connectivity index (χ1n) is 6.62. The SMILES string of the molecule is NCCC(Br)C1C2CC3CC(C2)CC1C3. The van der Waals surface area contributed by atoms with Crippen molar-refractivity contribution in [3.63, 3.8) is 0 Å². The summed E-state index contributed by atoms with van der Waals surface area (Å²) < 4.78 is 0. The fourth-order valence-corrected chi connectivity index (χ4v) is 6.04. The first-order chi connectivity index (χ1) is 7.28. The number of alkyl halides is 1. The molecule has 15 heavy (non-hydrogen) atoms. The summed E-state index contributed by atoms with van der Waals surface area (Å²) in [6.07, 6.45) is 8.86. The van der Waals surface area contributed by atoms with E-state index in [1.54, 1.807) is 6.42 Å². The van der Waals surface area contributed by atoms with Crippen molar-refractivity contribution in [2.45, 2.75) is 43.4 Å². The van der Waals surface area contributed by atoms with E-state index in [9.17, 15) is 0 Å². The second kappa shape index (κ2) is 4.03. The van der Waals surface area contributed by atoms with E-state index in [1.165, 1.54) is 32.1 Å². The van der Waals surface area contributed by atoms with E-state index in [2.05, 4.69) is 15.9 Å². The van der Waals surface area contributed by atoms with Gasteiger partial charge in [-0.15, -0.1) is 0 Å². The van der Waals surface area contributed by atoms with E-state index in [4.69, 9.17) is 5.73 Å². The van der Waals surface area contributed by atoms with Crippen molar-refractivity contribution in [3.8, 4) is 0 Å². The van der Waals surface area contributed by atoms with Crippen molar-refractivity contribution in [1.82, 2.24) is 0 Å². The van der Waals surface area contributed by atoms with Crippen LogP contribution in [0.4, 0.5) is 0 Å². The number of rotatable bonds is 3. The largest absolute Gasteiger partial charge is 0.330 e. The second-order valence-corrected chi connectivity index (χ2v) is 7.28. The van der Waals surface area contributed by atoms with Crippen molar-refractivity contribution < 1.29 is 0 Å². The lowest BCUT2D eigenvalue weighted by Crippen LogP contribution is -2.48. The van der Waals surface area contributed by atoms with E-state index in [1.807, 2.05) is 0 Å². The highest BCUT2D eigenvalue weighted by Gasteiger charge is 2.49. The molecule has 4 rings (SSSR count). The van der Waals surface area contributed by atoms with Crippen LogP contribution in [0.25, 0.3) is 0 Å². The van der Waals surface area contributed by atoms with Crippen LogP contribution in [-0.4, -0.2) is 11.4 Å². The molecule has 0 aromatic heterocycles. The molecule has 4 aliphatic carbocycles. The molecule has 0 saturated heterocycles. The molecule has 0 aromatic carbocycles. The van der Waals surface area contributed by atoms with E-state index < -0.39 is 0 Å². The highest BCUT2D eigenvalue weighted by molar-refractivity contribution is 9.09. The first-order valence-corrected chi connectivity index (χ1v) is 7.53. The normalized spacial score (nSPS) is 49.6. The molecule has 4 aliphatic rings. The summed E-state index contributed by atoms with van der Waals surface area (Å²) in [4.78, 5) is 0.706. The van der Waals surface area contributed by atoms with E-state index >= 15 is 0 Å². The van der Waals surface area contributed by atoms with Crippen LogP contribution in [0.15, 0.2) is 0 Å². The summed E-state index contributed by atoms with van der Waals surface area (Å²) in [6.45, 7) is 0.846. The van der Waals surface area contributed by atoms with Gasteiger partial charge in [0.1, 0.15) is 0 Å². The summed E-state index contributed by atoms with van der Waals surface area (Å²) >= 11 is 3.91. The monoisotopic (exact) mass is 271 g/mol. The van der Waals surface area contributed by atoms with Crippen LogP contribution in [0.5, 0.6) is 0 Å². The minimum absolute atomic E-state index is 0.706. The first kappa shape index (κ1) is 10.6. The summed E-state index contributed by atoms with van der Waals surface area (Å²) in [5, 5.41) is 0. The van der Waals surface area contributed by atoms with Crippen molar-refractivity contribution in [1.29, 1.82) is 0 Å². The van der Waals surface area contributed by atoms with E-state index in [0.717, 1.165) is 36.1 Å². The number of hydrogen-bond acceptors (Lipinski definition) is 1. The smallest absolute Gasteiger partial charge is 0.0191 e. The standard InChI is InChI=1S/C13H22BrN/c14-12(1-2-15)13-10-4-8-3-9(6-10)7-11(13)5-8/h8-13H,1-7,15H2. The van der Waals surface area contributed by atoms with E-state index in [-0.39, 0.29) is 0 Å². The Morgan fingerprint density at radius 1 is 1.00 bits per heavy atom. The second-order valence-electron chi connectivity index (χ2n) is 6.10. The summed E-state index contributed by atoms with van der Waals surface area (Å²) in [5.74, 6) is 5.23. The zero-order valence-electron chi connectivity index (χ0n) is 9.37. The fourth-order valence-electron chi connectivity index (χ4n) is 4.91. The third kappa shape index (κ3) is 1.78. The molecule has 2 N–H and O–H groups in total. The predicted molar refractivity (Wildman–Crippen MR) is 66.9 cm³/mol. The molecule has 4 saturated carbocycles. The van der Waals surface area contributed by atoms with Gasteiger partial charge in [0.05, 0.1) is 0 Å². The van der Waals surface area contributed by atoms with Crippen molar-refractivity contribution >= 4 is 15.9 Å². The van der Waals surface area contributed by atoms with Crippen LogP contribution in [0.1, 0.15) is 38.5 Å². The van der Waals surface area contributed by atoms with Gasteiger partial charge in [-0.25, -0.2) is 0 Å². The fraction of sp³-hybridized carbons (Fsp3) is 1.00. The predicted octanol–water partition coefficient (Wildman–Crippen LogP) is 3.17. The van der Waals surface area contributed by atoms with Gasteiger partial charge in [-0.05, 0) is 74.7 Å². The molecule has 0 aliphatic heterocycles. The maximum Gasteiger partial charge on any atom is 0.0191 e. The third-order valence-corrected chi connectivity index (χ3v) is 6.23. The molecular formula is C13H22BrN. The number of halogens is 1. The topological polar surface area (TPSA) is 26.0 Å². The van der Waals surface area contributed by atoms with Gasteiger partial charge in [0, 0.05) is 4.83 Å². The Morgan fingerprint density at radius 2 is 1.53 bits per heavy atom. The molecule has 0 spiro atoms. The molecule has 0 aromatic rings. The molecule has 86 valence electrons. The van der Waals surface area contributed by atoms with Gasteiger partial charge in [0.2, 0.25) is 0 Å². The van der Waals surface area contributed by atoms with Crippen molar-refractivity contribution in [3.05, 3.63) is 0 Å². The van der Waals surface area contributed by atoms with Crippen LogP contribution in [-0.2, 0) is 0 Å². The third-order valence-electron chi connectivity index (χ3n) is 5.16. The van der Waals surface area contributed by atoms with Gasteiger partial charge in [-0.2, -0.15) is 0 Å². The van der Waals surface area contributed by atoms with Gasteiger partial charge in [0.25, 0.3) is 0 Å². The minimum atomic E-state index is 0.706. The zero-order valence-corrected chi connectivity index (χ0v) is 11.0. The quantitative estimate of drug-likeness (QED) is 0.785. The lowest BCUT2D eigenvalue weighted by atomic mass is 9.51. The van der Waals surface area contributed by atoms with Crippen molar-refractivity contribution in [2.24, 2.45) is 35.3 Å². The molecule has 1 atom stereocenters. The zero-order chi connectivity index (χ0) is 10.4. The van der Waals surface area contributed by atoms with Crippen LogP contribution in [0.3, 0.4) is 0 Å². The molecule has 2 heteroatoms. The highest BCUT2D eigenvalue weighted by atomic mass is 79.9. The summed E-state index contributed by atoms with van der Waals surface area (Å²) in [6, 6.07) is 0. The van der Waals surface area contributed by atoms with Gasteiger partial charge in [-0.1, -0.05) is 15.9 Å². The Balaban J connectivity index is 1.74. The Bertz CT molecular complexity index is 213. The van der Waals surface area contributed by atoms with Crippen LogP contribution in [0.2, 0.25) is 0 Å². The van der Waals surface area contributed by atoms with Crippen molar-refractivity contribution in [2.75, 3.05) is 6.54 Å². The summed E-state index contributed by atoms with van der Waals surface area (Å²) in [7, 11) is 0. The summed E-state index contributed by atoms with van der Waals surface area (Å²) in [5.41, 5.74) is 5.69. The van der Waals surface area contributed by atoms with Crippen LogP contribution < -0.4 is 5.73 Å². The molecule has 4 fully saturated rings. The molecule has 4 bridgehead atoms. The Kier molecular flexibility index (Phi) is 2.84. The molecule has 0 radical (unpaired) electrons. The van der Waals surface area contributed by atoms with Gasteiger partial charge < -0.3 is 5.73 Å². The number of hydrogen-bond donors (Lipinski definition) is 1. The number of nitrogens with two attached hydrogens (primary N) is 1. The molecule has 0 amide bonds. The van der Waals surface area contributed by atoms with Gasteiger partial charge in [-0.3, -0.25) is 0 Å². The minimum Gasteiger partial charge on any atom is -0.330 e. The highest BCUT2D eigenvalue weighted by Crippen LogP contribution is 2.58. The molecule has 1 unspecified atom stereocenters. The molecule has 1 nitrogen and oxygen atoms in total. The Morgan fingerprint density at radius 3 is 2.00 bits per heavy atom. The molecular weight excluding hydrogens is 250 g/mol. The maximum atomic E-state index is 5.69. The average Bonchev–Trinajstić information content (AvgIpc) is 2.15. The van der Waals surface area contributed by atoms with Crippen LogP contribution in [0, 0.1) is 29.6 Å².